The zero-order chi connectivity index (χ0) is 21.7. The van der Waals surface area contributed by atoms with Crippen molar-refractivity contribution >= 4 is 49.4 Å². The fourth-order valence-corrected chi connectivity index (χ4v) is 5.07. The fraction of sp³-hybridized carbons (Fsp3) is 0.182. The fourth-order valence-electron chi connectivity index (χ4n) is 3.71. The number of hydrogen-bond donors (Lipinski definition) is 0. The van der Waals surface area contributed by atoms with Gasteiger partial charge in [-0.15, -0.1) is 5.10 Å². The third-order valence-electron chi connectivity index (χ3n) is 5.10. The topological polar surface area (TPSA) is 76.8 Å². The molecule has 2 aromatic heterocycles. The summed E-state index contributed by atoms with van der Waals surface area (Å²) in [6.07, 6.45) is 0. The van der Waals surface area contributed by atoms with Crippen LogP contribution in [0.1, 0.15) is 19.4 Å². The maximum absolute atomic E-state index is 13.2. The lowest BCUT2D eigenvalue weighted by molar-refractivity contribution is -0.113. The van der Waals surface area contributed by atoms with Gasteiger partial charge in [-0.25, -0.2) is 0 Å². The summed E-state index contributed by atoms with van der Waals surface area (Å²) in [5.74, 6) is 1.04. The van der Waals surface area contributed by atoms with Gasteiger partial charge in [-0.3, -0.25) is 9.59 Å². The summed E-state index contributed by atoms with van der Waals surface area (Å²) in [6.45, 7) is 4.95. The Morgan fingerprint density at radius 2 is 1.87 bits per heavy atom. The Hall–Kier alpha value is -3.04. The summed E-state index contributed by atoms with van der Waals surface area (Å²) < 4.78 is 7.94. The highest BCUT2D eigenvalue weighted by molar-refractivity contribution is 9.10. The summed E-state index contributed by atoms with van der Waals surface area (Å²) in [5.41, 5.74) is 2.41. The number of aromatic nitrogens is 3. The number of anilines is 1. The molecule has 0 spiro atoms. The molecule has 2 aromatic carbocycles. The van der Waals surface area contributed by atoms with Crippen molar-refractivity contribution in [2.45, 2.75) is 13.8 Å². The smallest absolute Gasteiger partial charge is 0.291 e. The lowest BCUT2D eigenvalue weighted by atomic mass is 10.1. The summed E-state index contributed by atoms with van der Waals surface area (Å²) in [6, 6.07) is 13.1. The highest BCUT2D eigenvalue weighted by atomic mass is 79.9. The van der Waals surface area contributed by atoms with E-state index in [-0.39, 0.29) is 11.5 Å². The average molecular weight is 497 g/mol. The van der Waals surface area contributed by atoms with E-state index in [0.717, 1.165) is 27.0 Å². The van der Waals surface area contributed by atoms with E-state index >= 15 is 0 Å². The number of fused-ring (bicyclic) bond motifs is 2. The number of ether oxygens (including phenoxy) is 1. The molecule has 31 heavy (non-hydrogen) atoms. The second-order valence-corrected chi connectivity index (χ2v) is 8.80. The minimum Gasteiger partial charge on any atom is -0.494 e. The first kappa shape index (κ1) is 19.9. The van der Waals surface area contributed by atoms with Crippen LogP contribution in [0.4, 0.5) is 5.69 Å². The van der Waals surface area contributed by atoms with Gasteiger partial charge < -0.3 is 9.64 Å². The Kier molecular flexibility index (Phi) is 4.86. The third-order valence-corrected chi connectivity index (χ3v) is 6.62. The summed E-state index contributed by atoms with van der Waals surface area (Å²) in [5, 5.41) is 4.40. The highest BCUT2D eigenvalue weighted by Crippen LogP contribution is 2.37. The number of nitrogens with zero attached hydrogens (tertiary/aromatic N) is 4. The molecule has 156 valence electrons. The molecule has 0 unspecified atom stereocenters. The summed E-state index contributed by atoms with van der Waals surface area (Å²) in [7, 11) is 0. The van der Waals surface area contributed by atoms with Crippen LogP contribution in [0.5, 0.6) is 5.75 Å². The number of hydrogen-bond acceptors (Lipinski definition) is 6. The Morgan fingerprint density at radius 3 is 2.55 bits per heavy atom. The Balaban J connectivity index is 1.66. The molecule has 7 nitrogen and oxygen atoms in total. The quantitative estimate of drug-likeness (QED) is 0.433. The van der Waals surface area contributed by atoms with Gasteiger partial charge in [0.25, 0.3) is 11.5 Å². The normalized spacial score (nSPS) is 15.1. The summed E-state index contributed by atoms with van der Waals surface area (Å²) >= 11 is 4.65. The van der Waals surface area contributed by atoms with Crippen molar-refractivity contribution in [3.8, 4) is 17.1 Å². The van der Waals surface area contributed by atoms with E-state index in [1.165, 1.54) is 15.9 Å². The Morgan fingerprint density at radius 1 is 1.10 bits per heavy atom. The van der Waals surface area contributed by atoms with Crippen molar-refractivity contribution in [2.24, 2.45) is 0 Å². The predicted molar refractivity (Wildman–Crippen MR) is 124 cm³/mol. The number of thiazole rings is 1. The molecule has 0 aliphatic carbocycles. The van der Waals surface area contributed by atoms with Gasteiger partial charge in [-0.2, -0.15) is 9.50 Å². The van der Waals surface area contributed by atoms with Crippen LogP contribution in [0, 0.1) is 0 Å². The van der Waals surface area contributed by atoms with Crippen molar-refractivity contribution in [3.63, 3.8) is 0 Å². The lowest BCUT2D eigenvalue weighted by Gasteiger charge is -2.13. The molecule has 1 aliphatic heterocycles. The Bertz CT molecular complexity index is 1440. The van der Waals surface area contributed by atoms with E-state index in [4.69, 9.17) is 4.74 Å². The molecule has 3 heterocycles. The van der Waals surface area contributed by atoms with E-state index in [1.807, 2.05) is 56.3 Å². The minimum absolute atomic E-state index is 0.177. The van der Waals surface area contributed by atoms with Gasteiger partial charge in [0.15, 0.2) is 5.82 Å². The van der Waals surface area contributed by atoms with E-state index in [0.29, 0.717) is 34.0 Å². The molecule has 0 atom stereocenters. The maximum Gasteiger partial charge on any atom is 0.291 e. The number of amides is 1. The average Bonchev–Trinajstić information content (AvgIpc) is 3.39. The van der Waals surface area contributed by atoms with Crippen molar-refractivity contribution < 1.29 is 9.53 Å². The first-order valence-corrected chi connectivity index (χ1v) is 11.4. The van der Waals surface area contributed by atoms with Crippen molar-refractivity contribution in [1.82, 2.24) is 14.6 Å². The highest BCUT2D eigenvalue weighted by Gasteiger charge is 2.33. The van der Waals surface area contributed by atoms with Gasteiger partial charge in [0.2, 0.25) is 4.96 Å². The maximum atomic E-state index is 13.2. The molecule has 0 bridgehead atoms. The van der Waals surface area contributed by atoms with E-state index in [2.05, 4.69) is 26.0 Å². The van der Waals surface area contributed by atoms with E-state index in [1.54, 1.807) is 4.90 Å². The Labute approximate surface area is 189 Å². The van der Waals surface area contributed by atoms with Gasteiger partial charge >= 0.3 is 0 Å². The predicted octanol–water partition coefficient (Wildman–Crippen LogP) is 3.26. The number of carbonyl (C=O) groups is 1. The zero-order valence-electron chi connectivity index (χ0n) is 16.8. The van der Waals surface area contributed by atoms with E-state index < -0.39 is 0 Å². The number of likely N-dealkylation sites (N-methyl/N-ethyl adjacent to an activating group) is 1. The number of halogens is 1. The zero-order valence-corrected chi connectivity index (χ0v) is 19.2. The van der Waals surface area contributed by atoms with Gasteiger partial charge in [-0.1, -0.05) is 27.3 Å². The summed E-state index contributed by atoms with van der Waals surface area (Å²) in [4.78, 5) is 33.0. The number of carbonyl (C=O) groups excluding carboxylic acids is 1. The standard InChI is InChI=1S/C22H17BrN4O3S/c1-3-26-16-10-7-13(23)11-15(16)17(20(26)28)18-21(29)27-22(31-18)24-19(25-27)12-5-8-14(9-6-12)30-4-2/h5-11H,3-4H2,1-2H3/b18-17-. The van der Waals surface area contributed by atoms with Crippen LogP contribution < -0.4 is 19.7 Å². The molecule has 5 rings (SSSR count). The molecule has 0 saturated carbocycles. The molecule has 0 N–H and O–H groups in total. The van der Waals surface area contributed by atoms with Crippen LogP contribution in [-0.2, 0) is 4.79 Å². The van der Waals surface area contributed by atoms with Crippen LogP contribution in [0.2, 0.25) is 0 Å². The molecule has 1 amide bonds. The van der Waals surface area contributed by atoms with Gasteiger partial charge in [0, 0.05) is 22.1 Å². The SMILES string of the molecule is CCOc1ccc(-c2nc3s/c(=C4\C(=O)N(CC)c5ccc(Br)cc54)c(=O)n3n2)cc1. The van der Waals surface area contributed by atoms with Crippen LogP contribution in [-0.4, -0.2) is 33.7 Å². The molecular weight excluding hydrogens is 480 g/mol. The molecular formula is C22H17BrN4O3S. The monoisotopic (exact) mass is 496 g/mol. The molecule has 4 aromatic rings. The number of rotatable bonds is 4. The second-order valence-electron chi connectivity index (χ2n) is 6.91. The van der Waals surface area contributed by atoms with Crippen LogP contribution in [0.15, 0.2) is 51.7 Å². The molecule has 0 radical (unpaired) electrons. The third kappa shape index (κ3) is 3.16. The molecule has 9 heteroatoms. The van der Waals surface area contributed by atoms with E-state index in [9.17, 15) is 9.59 Å². The first-order valence-electron chi connectivity index (χ1n) is 9.80. The lowest BCUT2D eigenvalue weighted by Crippen LogP contribution is -2.32. The second kappa shape index (κ2) is 7.58. The molecule has 0 fully saturated rings. The number of benzene rings is 2. The van der Waals surface area contributed by atoms with Crippen LogP contribution >= 0.6 is 27.3 Å². The van der Waals surface area contributed by atoms with Crippen molar-refractivity contribution in [3.05, 3.63) is 67.4 Å². The van der Waals surface area contributed by atoms with Gasteiger partial charge in [-0.05, 0) is 56.3 Å². The molecule has 0 saturated heterocycles. The van der Waals surface area contributed by atoms with Crippen molar-refractivity contribution in [2.75, 3.05) is 18.1 Å². The van der Waals surface area contributed by atoms with Gasteiger partial charge in [0.1, 0.15) is 10.3 Å². The van der Waals surface area contributed by atoms with Crippen LogP contribution in [0.25, 0.3) is 21.9 Å². The van der Waals surface area contributed by atoms with Crippen molar-refractivity contribution in [1.29, 1.82) is 0 Å². The van der Waals surface area contributed by atoms with Gasteiger partial charge in [0.05, 0.1) is 17.9 Å². The largest absolute Gasteiger partial charge is 0.494 e. The van der Waals surface area contributed by atoms with Crippen LogP contribution in [0.3, 0.4) is 0 Å². The minimum atomic E-state index is -0.336. The first-order chi connectivity index (χ1) is 15.0. The molecule has 1 aliphatic rings.